The van der Waals surface area contributed by atoms with E-state index in [0.29, 0.717) is 22.0 Å². The fourth-order valence-electron chi connectivity index (χ4n) is 3.79. The number of ether oxygens (including phenoxy) is 2. The Morgan fingerprint density at radius 2 is 1.83 bits per heavy atom. The highest BCUT2D eigenvalue weighted by Crippen LogP contribution is 2.33. The predicted octanol–water partition coefficient (Wildman–Crippen LogP) is 4.32. The Morgan fingerprint density at radius 1 is 1.10 bits per heavy atom. The molecular formula is C22H25ClN2O4S. The monoisotopic (exact) mass is 448 g/mol. The van der Waals surface area contributed by atoms with Crippen molar-refractivity contribution in [1.82, 2.24) is 8.87 Å². The number of aryl methyl sites for hydroxylation is 1. The molecule has 1 aromatic heterocycles. The highest BCUT2D eigenvalue weighted by Gasteiger charge is 2.24. The minimum atomic E-state index is -3.82. The van der Waals surface area contributed by atoms with Crippen molar-refractivity contribution in [2.45, 2.75) is 30.8 Å². The van der Waals surface area contributed by atoms with E-state index in [-0.39, 0.29) is 11.0 Å². The van der Waals surface area contributed by atoms with Gasteiger partial charge >= 0.3 is 0 Å². The number of rotatable bonds is 5. The van der Waals surface area contributed by atoms with Crippen LogP contribution in [-0.4, -0.2) is 50.6 Å². The van der Waals surface area contributed by atoms with Crippen LogP contribution in [-0.2, 0) is 10.0 Å². The van der Waals surface area contributed by atoms with Gasteiger partial charge in [-0.25, -0.2) is 12.4 Å². The van der Waals surface area contributed by atoms with Crippen LogP contribution in [0.2, 0.25) is 5.02 Å². The third-order valence-corrected chi connectivity index (χ3v) is 7.58. The number of hydrogen-bond donors (Lipinski definition) is 0. The number of nitrogens with zero attached hydrogens (tertiary/aromatic N) is 2. The van der Waals surface area contributed by atoms with Gasteiger partial charge in [-0.3, -0.25) is 0 Å². The topological polar surface area (TPSA) is 60.8 Å². The van der Waals surface area contributed by atoms with Crippen LogP contribution in [0.3, 0.4) is 0 Å². The molecule has 30 heavy (non-hydrogen) atoms. The van der Waals surface area contributed by atoms with Crippen molar-refractivity contribution in [2.75, 3.05) is 27.2 Å². The van der Waals surface area contributed by atoms with Crippen LogP contribution < -0.4 is 9.47 Å². The van der Waals surface area contributed by atoms with Crippen LogP contribution in [0.1, 0.15) is 18.4 Å². The minimum Gasteiger partial charge on any atom is -0.497 e. The first kappa shape index (κ1) is 21.0. The van der Waals surface area contributed by atoms with Gasteiger partial charge in [-0.15, -0.1) is 0 Å². The van der Waals surface area contributed by atoms with Crippen molar-refractivity contribution in [1.29, 1.82) is 0 Å². The number of methoxy groups -OCH3 is 1. The number of halogens is 1. The Morgan fingerprint density at radius 3 is 2.53 bits per heavy atom. The molecule has 0 N–H and O–H groups in total. The first-order valence-electron chi connectivity index (χ1n) is 9.85. The summed E-state index contributed by atoms with van der Waals surface area (Å²) in [6.45, 7) is 3.76. The van der Waals surface area contributed by atoms with Gasteiger partial charge in [0.1, 0.15) is 17.6 Å². The van der Waals surface area contributed by atoms with Crippen molar-refractivity contribution in [2.24, 2.45) is 0 Å². The third kappa shape index (κ3) is 3.89. The molecule has 4 rings (SSSR count). The number of fused-ring (bicyclic) bond motifs is 1. The molecule has 1 saturated heterocycles. The Hall–Kier alpha value is -2.22. The predicted molar refractivity (Wildman–Crippen MR) is 118 cm³/mol. The molecule has 1 fully saturated rings. The Balaban J connectivity index is 1.70. The molecule has 2 aromatic carbocycles. The molecule has 0 amide bonds. The van der Waals surface area contributed by atoms with E-state index in [9.17, 15) is 8.42 Å². The minimum absolute atomic E-state index is 0.0266. The Labute approximate surface area is 182 Å². The molecule has 160 valence electrons. The van der Waals surface area contributed by atoms with E-state index in [2.05, 4.69) is 11.9 Å². The molecular weight excluding hydrogens is 424 g/mol. The van der Waals surface area contributed by atoms with Crippen LogP contribution in [0.25, 0.3) is 10.9 Å². The van der Waals surface area contributed by atoms with E-state index < -0.39 is 10.0 Å². The molecule has 0 bridgehead atoms. The van der Waals surface area contributed by atoms with Crippen LogP contribution in [0.5, 0.6) is 11.5 Å². The first-order valence-corrected chi connectivity index (χ1v) is 11.7. The second-order valence-corrected chi connectivity index (χ2v) is 9.93. The van der Waals surface area contributed by atoms with Crippen LogP contribution in [0.15, 0.2) is 47.5 Å². The second kappa shape index (κ2) is 8.13. The summed E-state index contributed by atoms with van der Waals surface area (Å²) >= 11 is 6.32. The van der Waals surface area contributed by atoms with E-state index in [1.54, 1.807) is 31.5 Å². The fourth-order valence-corrected chi connectivity index (χ4v) is 5.39. The number of likely N-dealkylation sites (tertiary alicyclic amines) is 1. The summed E-state index contributed by atoms with van der Waals surface area (Å²) < 4.78 is 39.5. The van der Waals surface area contributed by atoms with Gasteiger partial charge < -0.3 is 14.4 Å². The second-order valence-electron chi connectivity index (χ2n) is 7.71. The van der Waals surface area contributed by atoms with Gasteiger partial charge in [0.05, 0.1) is 22.5 Å². The first-order chi connectivity index (χ1) is 14.3. The number of hydrogen-bond acceptors (Lipinski definition) is 5. The van der Waals surface area contributed by atoms with Crippen LogP contribution in [0.4, 0.5) is 0 Å². The smallest absolute Gasteiger partial charge is 0.268 e. The molecule has 3 aromatic rings. The lowest BCUT2D eigenvalue weighted by Gasteiger charge is -2.29. The molecule has 0 atom stereocenters. The van der Waals surface area contributed by atoms with Crippen molar-refractivity contribution in [3.8, 4) is 11.5 Å². The van der Waals surface area contributed by atoms with Crippen LogP contribution >= 0.6 is 11.6 Å². The van der Waals surface area contributed by atoms with Crippen molar-refractivity contribution < 1.29 is 17.9 Å². The maximum Gasteiger partial charge on any atom is 0.268 e. The molecule has 6 nitrogen and oxygen atoms in total. The highest BCUT2D eigenvalue weighted by molar-refractivity contribution is 7.90. The van der Waals surface area contributed by atoms with Crippen molar-refractivity contribution in [3.05, 3.63) is 53.2 Å². The average molecular weight is 449 g/mol. The molecule has 1 aliphatic rings. The quantitative estimate of drug-likeness (QED) is 0.581. The molecule has 0 spiro atoms. The summed E-state index contributed by atoms with van der Waals surface area (Å²) in [6.07, 6.45) is 3.42. The lowest BCUT2D eigenvalue weighted by Crippen LogP contribution is -2.35. The summed E-state index contributed by atoms with van der Waals surface area (Å²) in [7, 11) is -0.158. The van der Waals surface area contributed by atoms with Crippen molar-refractivity contribution >= 4 is 32.5 Å². The molecule has 0 aliphatic carbocycles. The normalized spacial score (nSPS) is 16.1. The highest BCUT2D eigenvalue weighted by atomic mass is 35.5. The van der Waals surface area contributed by atoms with Gasteiger partial charge in [0.2, 0.25) is 0 Å². The zero-order valence-electron chi connectivity index (χ0n) is 17.3. The van der Waals surface area contributed by atoms with Gasteiger partial charge in [0.25, 0.3) is 10.0 Å². The lowest BCUT2D eigenvalue weighted by atomic mass is 10.1. The van der Waals surface area contributed by atoms with E-state index in [1.807, 2.05) is 13.0 Å². The maximum atomic E-state index is 13.4. The summed E-state index contributed by atoms with van der Waals surface area (Å²) in [5.41, 5.74) is 1.45. The largest absolute Gasteiger partial charge is 0.497 e. The standard InChI is InChI=1S/C22H25ClN2O4S/c1-15-14-25(21-7-4-17(28-3)12-19(15)21)30(26,27)18-5-6-20(23)22(13-18)29-16-8-10-24(2)11-9-16/h4-7,12-14,16H,8-11H2,1-3H3. The number of benzene rings is 2. The van der Waals surface area contributed by atoms with Gasteiger partial charge in [0, 0.05) is 30.7 Å². The third-order valence-electron chi connectivity index (χ3n) is 5.60. The average Bonchev–Trinajstić information content (AvgIpc) is 3.08. The van der Waals surface area contributed by atoms with Gasteiger partial charge in [0.15, 0.2) is 0 Å². The van der Waals surface area contributed by atoms with E-state index in [1.165, 1.54) is 16.1 Å². The van der Waals surface area contributed by atoms with E-state index >= 15 is 0 Å². The van der Waals surface area contributed by atoms with E-state index in [4.69, 9.17) is 21.1 Å². The molecule has 8 heteroatoms. The van der Waals surface area contributed by atoms with Crippen molar-refractivity contribution in [3.63, 3.8) is 0 Å². The summed E-state index contributed by atoms with van der Waals surface area (Å²) in [5.74, 6) is 1.09. The molecule has 0 unspecified atom stereocenters. The van der Waals surface area contributed by atoms with Crippen LogP contribution in [0, 0.1) is 6.92 Å². The Bertz CT molecular complexity index is 1180. The number of piperidine rings is 1. The molecule has 0 saturated carbocycles. The lowest BCUT2D eigenvalue weighted by molar-refractivity contribution is 0.114. The summed E-state index contributed by atoms with van der Waals surface area (Å²) in [4.78, 5) is 2.39. The van der Waals surface area contributed by atoms with Gasteiger partial charge in [-0.1, -0.05) is 11.6 Å². The number of aromatic nitrogens is 1. The van der Waals surface area contributed by atoms with Gasteiger partial charge in [-0.2, -0.15) is 0 Å². The van der Waals surface area contributed by atoms with E-state index in [0.717, 1.165) is 36.9 Å². The zero-order chi connectivity index (χ0) is 21.5. The van der Waals surface area contributed by atoms with Gasteiger partial charge in [-0.05, 0) is 62.7 Å². The summed E-state index contributed by atoms with van der Waals surface area (Å²) in [6, 6.07) is 9.98. The molecule has 2 heterocycles. The maximum absolute atomic E-state index is 13.4. The summed E-state index contributed by atoms with van der Waals surface area (Å²) in [5, 5.41) is 1.24. The molecule has 0 radical (unpaired) electrons. The molecule has 1 aliphatic heterocycles. The Kier molecular flexibility index (Phi) is 5.70. The zero-order valence-corrected chi connectivity index (χ0v) is 18.8. The SMILES string of the molecule is COc1ccc2c(c1)c(C)cn2S(=O)(=O)c1ccc(Cl)c(OC2CCN(C)CC2)c1. The fraction of sp³-hybridized carbons (Fsp3) is 0.364.